The number of ether oxygens (including phenoxy) is 2. The van der Waals surface area contributed by atoms with E-state index in [0.717, 1.165) is 37.3 Å². The number of hydrogen-bond acceptors (Lipinski definition) is 7. The summed E-state index contributed by atoms with van der Waals surface area (Å²) >= 11 is 5.59. The molecular formula is C17H11ClF3NO7. The van der Waals surface area contributed by atoms with E-state index in [2.05, 4.69) is 4.74 Å². The number of aliphatic hydroxyl groups excluding tert-OH is 1. The number of nitrogens with zero attached hydrogens (tertiary/aromatic N) is 1. The fourth-order valence-corrected chi connectivity index (χ4v) is 2.34. The fourth-order valence-electron chi connectivity index (χ4n) is 2.06. The van der Waals surface area contributed by atoms with Gasteiger partial charge in [0.2, 0.25) is 0 Å². The molecule has 0 aliphatic heterocycles. The Morgan fingerprint density at radius 3 is 2.28 bits per heavy atom. The van der Waals surface area contributed by atoms with Gasteiger partial charge in [0, 0.05) is 18.2 Å². The third kappa shape index (κ3) is 5.42. The summed E-state index contributed by atoms with van der Waals surface area (Å²) in [5, 5.41) is 19.5. The predicted octanol–water partition coefficient (Wildman–Crippen LogP) is 4.12. The molecule has 1 N–H and O–H groups in total. The largest absolute Gasteiger partial charge is 0.457 e. The van der Waals surface area contributed by atoms with Crippen molar-refractivity contribution in [3.05, 3.63) is 62.7 Å². The van der Waals surface area contributed by atoms with Gasteiger partial charge in [-0.3, -0.25) is 10.1 Å². The number of carbonyl (C=O) groups excluding carboxylic acids is 2. The Kier molecular flexibility index (Phi) is 6.44. The third-order valence-corrected chi connectivity index (χ3v) is 3.71. The molecule has 8 nitrogen and oxygen atoms in total. The molecule has 12 heteroatoms. The second-order valence-electron chi connectivity index (χ2n) is 5.56. The first-order valence-corrected chi connectivity index (χ1v) is 8.05. The van der Waals surface area contributed by atoms with Gasteiger partial charge in [0.15, 0.2) is 0 Å². The quantitative estimate of drug-likeness (QED) is 0.326. The van der Waals surface area contributed by atoms with Gasteiger partial charge in [0.1, 0.15) is 23.2 Å². The van der Waals surface area contributed by atoms with E-state index in [1.54, 1.807) is 0 Å². The van der Waals surface area contributed by atoms with Crippen LogP contribution in [0.4, 0.5) is 18.9 Å². The average molecular weight is 434 g/mol. The third-order valence-electron chi connectivity index (χ3n) is 3.40. The molecule has 0 spiro atoms. The van der Waals surface area contributed by atoms with E-state index in [1.807, 2.05) is 0 Å². The van der Waals surface area contributed by atoms with Gasteiger partial charge in [0.25, 0.3) is 5.69 Å². The van der Waals surface area contributed by atoms with Crippen LogP contribution in [0.25, 0.3) is 0 Å². The molecule has 0 radical (unpaired) electrons. The number of esters is 2. The van der Waals surface area contributed by atoms with Crippen LogP contribution in [0.2, 0.25) is 5.02 Å². The Balaban J connectivity index is 2.35. The topological polar surface area (TPSA) is 116 Å². The summed E-state index contributed by atoms with van der Waals surface area (Å²) in [6.45, 7) is 1.03. The minimum absolute atomic E-state index is 0.142. The van der Waals surface area contributed by atoms with Gasteiger partial charge >= 0.3 is 18.1 Å². The molecule has 0 saturated heterocycles. The number of halogens is 4. The van der Waals surface area contributed by atoms with Gasteiger partial charge < -0.3 is 14.6 Å². The van der Waals surface area contributed by atoms with Crippen molar-refractivity contribution in [2.75, 3.05) is 0 Å². The van der Waals surface area contributed by atoms with Crippen LogP contribution in [-0.4, -0.2) is 28.1 Å². The maximum absolute atomic E-state index is 12.7. The number of nitro groups is 1. The second-order valence-corrected chi connectivity index (χ2v) is 5.97. The van der Waals surface area contributed by atoms with Crippen LogP contribution in [0, 0.1) is 10.1 Å². The molecule has 0 aliphatic carbocycles. The molecule has 154 valence electrons. The molecular weight excluding hydrogens is 423 g/mol. The van der Waals surface area contributed by atoms with E-state index in [9.17, 15) is 32.9 Å². The molecule has 2 rings (SSSR count). The van der Waals surface area contributed by atoms with Crippen molar-refractivity contribution in [2.24, 2.45) is 0 Å². The van der Waals surface area contributed by atoms with E-state index in [4.69, 9.17) is 21.4 Å². The summed E-state index contributed by atoms with van der Waals surface area (Å²) in [6, 6.07) is 5.34. The maximum Gasteiger partial charge on any atom is 0.417 e. The van der Waals surface area contributed by atoms with Crippen molar-refractivity contribution in [3.63, 3.8) is 0 Å². The van der Waals surface area contributed by atoms with E-state index in [-0.39, 0.29) is 11.5 Å². The molecule has 0 amide bonds. The van der Waals surface area contributed by atoms with Crippen molar-refractivity contribution in [1.82, 2.24) is 0 Å². The first kappa shape index (κ1) is 22.1. The number of carbonyl (C=O) groups is 2. The van der Waals surface area contributed by atoms with Gasteiger partial charge in [-0.25, -0.2) is 9.59 Å². The van der Waals surface area contributed by atoms with E-state index in [0.29, 0.717) is 6.07 Å². The zero-order valence-corrected chi connectivity index (χ0v) is 15.2. The van der Waals surface area contributed by atoms with Gasteiger partial charge in [0.05, 0.1) is 15.5 Å². The van der Waals surface area contributed by atoms with Crippen molar-refractivity contribution in [2.45, 2.75) is 19.2 Å². The molecule has 0 aromatic heterocycles. The lowest BCUT2D eigenvalue weighted by atomic mass is 10.1. The number of alkyl halides is 3. The molecule has 2 aromatic carbocycles. The Labute approximate surface area is 165 Å². The van der Waals surface area contributed by atoms with Crippen LogP contribution in [0.5, 0.6) is 11.5 Å². The summed E-state index contributed by atoms with van der Waals surface area (Å²) in [5.41, 5.74) is -2.47. The van der Waals surface area contributed by atoms with Gasteiger partial charge in [-0.1, -0.05) is 11.6 Å². The van der Waals surface area contributed by atoms with Gasteiger partial charge in [-0.15, -0.1) is 0 Å². The number of rotatable bonds is 5. The predicted molar refractivity (Wildman–Crippen MR) is 91.7 cm³/mol. The van der Waals surface area contributed by atoms with Crippen LogP contribution >= 0.6 is 11.6 Å². The average Bonchev–Trinajstić information content (AvgIpc) is 2.60. The molecule has 0 saturated carbocycles. The molecule has 29 heavy (non-hydrogen) atoms. The van der Waals surface area contributed by atoms with Crippen LogP contribution in [0.15, 0.2) is 36.4 Å². The van der Waals surface area contributed by atoms with Crippen LogP contribution in [0.3, 0.4) is 0 Å². The normalized spacial score (nSPS) is 12.2. The lowest BCUT2D eigenvalue weighted by Crippen LogP contribution is -2.23. The van der Waals surface area contributed by atoms with Crippen LogP contribution < -0.4 is 4.74 Å². The highest BCUT2D eigenvalue weighted by atomic mass is 35.5. The zero-order chi connectivity index (χ0) is 21.9. The Morgan fingerprint density at radius 1 is 1.17 bits per heavy atom. The number of aliphatic hydroxyl groups is 1. The smallest absolute Gasteiger partial charge is 0.417 e. The summed E-state index contributed by atoms with van der Waals surface area (Å²) in [7, 11) is 0. The van der Waals surface area contributed by atoms with Crippen molar-refractivity contribution >= 4 is 29.2 Å². The van der Waals surface area contributed by atoms with E-state index in [1.165, 1.54) is 0 Å². The molecule has 0 aliphatic rings. The van der Waals surface area contributed by atoms with E-state index >= 15 is 0 Å². The Hall–Kier alpha value is -3.18. The minimum Gasteiger partial charge on any atom is -0.457 e. The van der Waals surface area contributed by atoms with E-state index < -0.39 is 51.0 Å². The standard InChI is InChI=1S/C17H11ClF3NO7/c1-8(23)15(24)29-16(25)11-6-9(3-5-14(11)22(26)27)28-10-2-4-12(13(18)7-10)17(19,20)21/h2-8,23H,1H3. The van der Waals surface area contributed by atoms with Crippen molar-refractivity contribution in [1.29, 1.82) is 0 Å². The summed E-state index contributed by atoms with van der Waals surface area (Å²) < 4.78 is 47.9. The molecule has 0 fully saturated rings. The summed E-state index contributed by atoms with van der Waals surface area (Å²) in [6.07, 6.45) is -6.32. The first-order chi connectivity index (χ1) is 13.4. The molecule has 0 bridgehead atoms. The number of nitro benzene ring substituents is 1. The molecule has 1 unspecified atom stereocenters. The number of benzene rings is 2. The molecule has 0 heterocycles. The lowest BCUT2D eigenvalue weighted by molar-refractivity contribution is -0.385. The Morgan fingerprint density at radius 2 is 1.76 bits per heavy atom. The SMILES string of the molecule is CC(O)C(=O)OC(=O)c1cc(Oc2ccc(C(F)(F)F)c(Cl)c2)ccc1[N+](=O)[O-]. The highest BCUT2D eigenvalue weighted by Gasteiger charge is 2.33. The fraction of sp³-hybridized carbons (Fsp3) is 0.176. The van der Waals surface area contributed by atoms with Crippen LogP contribution in [-0.2, 0) is 15.7 Å². The van der Waals surface area contributed by atoms with Crippen molar-refractivity contribution < 1.29 is 42.3 Å². The van der Waals surface area contributed by atoms with Gasteiger partial charge in [-0.05, 0) is 25.1 Å². The van der Waals surface area contributed by atoms with Crippen LogP contribution in [0.1, 0.15) is 22.8 Å². The highest BCUT2D eigenvalue weighted by molar-refractivity contribution is 6.31. The molecule has 2 aromatic rings. The minimum atomic E-state index is -4.67. The molecule has 1 atom stereocenters. The highest BCUT2D eigenvalue weighted by Crippen LogP contribution is 2.37. The maximum atomic E-state index is 12.7. The lowest BCUT2D eigenvalue weighted by Gasteiger charge is -2.12. The van der Waals surface area contributed by atoms with Crippen molar-refractivity contribution in [3.8, 4) is 11.5 Å². The number of hydrogen-bond donors (Lipinski definition) is 1. The second kappa shape index (κ2) is 8.45. The zero-order valence-electron chi connectivity index (χ0n) is 14.4. The summed E-state index contributed by atoms with van der Waals surface area (Å²) in [5.74, 6) is -3.07. The first-order valence-electron chi connectivity index (χ1n) is 7.67. The van der Waals surface area contributed by atoms with Gasteiger partial charge in [-0.2, -0.15) is 13.2 Å². The monoisotopic (exact) mass is 433 g/mol. The summed E-state index contributed by atoms with van der Waals surface area (Å²) in [4.78, 5) is 33.5. The Bertz CT molecular complexity index is 976.